The van der Waals surface area contributed by atoms with Crippen molar-refractivity contribution in [3.05, 3.63) is 39.9 Å². The second-order valence-corrected chi connectivity index (χ2v) is 2.31. The molecule has 0 unspecified atom stereocenters. The lowest BCUT2D eigenvalue weighted by molar-refractivity contribution is -0.385. The Kier molecular flexibility index (Phi) is 3.88. The zero-order valence-corrected chi connectivity index (χ0v) is 7.43. The summed E-state index contributed by atoms with van der Waals surface area (Å²) in [6.45, 7) is 0. The van der Waals surface area contributed by atoms with Crippen molar-refractivity contribution >= 4 is 18.1 Å². The molecule has 0 N–H and O–H groups in total. The number of nitro groups is 1. The second kappa shape index (κ2) is 4.28. The summed E-state index contributed by atoms with van der Waals surface area (Å²) in [4.78, 5) is 9.25. The number of nitrogens with zero attached hydrogens (tertiary/aromatic N) is 1. The van der Waals surface area contributed by atoms with Gasteiger partial charge < -0.3 is 0 Å². The van der Waals surface area contributed by atoms with E-state index in [1.54, 1.807) is 0 Å². The molecule has 14 heavy (non-hydrogen) atoms. The van der Waals surface area contributed by atoms with Gasteiger partial charge in [-0.2, -0.15) is 13.2 Å². The molecule has 0 atom stereocenters. The molecule has 0 heterocycles. The highest BCUT2D eigenvalue weighted by Gasteiger charge is 2.31. The van der Waals surface area contributed by atoms with E-state index in [1.807, 2.05) is 0 Å². The van der Waals surface area contributed by atoms with E-state index in [1.165, 1.54) is 0 Å². The lowest BCUT2D eigenvalue weighted by Crippen LogP contribution is -2.04. The van der Waals surface area contributed by atoms with Gasteiger partial charge in [-0.15, -0.1) is 12.4 Å². The van der Waals surface area contributed by atoms with Gasteiger partial charge >= 0.3 is 6.18 Å². The predicted octanol–water partition coefficient (Wildman–Crippen LogP) is 3.04. The fraction of sp³-hybridized carbons (Fsp3) is 0.143. The predicted molar refractivity (Wildman–Crippen MR) is 45.3 cm³/mol. The van der Waals surface area contributed by atoms with Crippen LogP contribution in [-0.4, -0.2) is 4.92 Å². The summed E-state index contributed by atoms with van der Waals surface area (Å²) >= 11 is 0. The first-order valence-corrected chi connectivity index (χ1v) is 3.23. The first kappa shape index (κ1) is 12.7. The third kappa shape index (κ3) is 2.88. The smallest absolute Gasteiger partial charge is 0.258 e. The number of hydrogen-bond donors (Lipinski definition) is 0. The van der Waals surface area contributed by atoms with E-state index < -0.39 is 22.4 Å². The van der Waals surface area contributed by atoms with Gasteiger partial charge in [-0.05, 0) is 6.07 Å². The van der Waals surface area contributed by atoms with Gasteiger partial charge in [-0.1, -0.05) is 6.07 Å². The molecular weight excluding hydrogens is 223 g/mol. The SMILES string of the molecule is Cl.O=[N+]([O-])c1cccc(C(F)(F)F)c1. The van der Waals surface area contributed by atoms with Crippen molar-refractivity contribution in [2.75, 3.05) is 0 Å². The Hall–Kier alpha value is -1.30. The molecule has 0 radical (unpaired) electrons. The van der Waals surface area contributed by atoms with Crippen molar-refractivity contribution in [1.29, 1.82) is 0 Å². The molecule has 0 saturated heterocycles. The Morgan fingerprint density at radius 2 is 1.86 bits per heavy atom. The van der Waals surface area contributed by atoms with Gasteiger partial charge in [0.25, 0.3) is 5.69 Å². The number of rotatable bonds is 1. The van der Waals surface area contributed by atoms with Crippen LogP contribution >= 0.6 is 12.4 Å². The molecule has 0 aliphatic rings. The molecule has 1 aromatic carbocycles. The summed E-state index contributed by atoms with van der Waals surface area (Å²) < 4.78 is 36.0. The van der Waals surface area contributed by atoms with Gasteiger partial charge in [0.15, 0.2) is 0 Å². The van der Waals surface area contributed by atoms with E-state index in [2.05, 4.69) is 0 Å². The average Bonchev–Trinajstić information content (AvgIpc) is 2.03. The third-order valence-corrected chi connectivity index (χ3v) is 1.38. The molecule has 0 fully saturated rings. The normalized spacial score (nSPS) is 10.5. The average molecular weight is 228 g/mol. The Balaban J connectivity index is 0.00000169. The summed E-state index contributed by atoms with van der Waals surface area (Å²) in [6, 6.07) is 3.29. The molecule has 0 amide bonds. The van der Waals surface area contributed by atoms with Crippen LogP contribution in [0.2, 0.25) is 0 Å². The standard InChI is InChI=1S/C7H4F3NO2.ClH/c8-7(9,10)5-2-1-3-6(4-5)11(12)13;/h1-4H;1H. The monoisotopic (exact) mass is 227 g/mol. The van der Waals surface area contributed by atoms with Gasteiger partial charge in [0.1, 0.15) is 0 Å². The number of non-ortho nitro benzene ring substituents is 1. The number of alkyl halides is 3. The zero-order chi connectivity index (χ0) is 10.1. The van der Waals surface area contributed by atoms with Gasteiger partial charge in [-0.3, -0.25) is 10.1 Å². The summed E-state index contributed by atoms with van der Waals surface area (Å²) in [5.41, 5.74) is -1.57. The van der Waals surface area contributed by atoms with Crippen molar-refractivity contribution in [2.45, 2.75) is 6.18 Å². The van der Waals surface area contributed by atoms with Crippen LogP contribution in [0.15, 0.2) is 24.3 Å². The third-order valence-electron chi connectivity index (χ3n) is 1.38. The van der Waals surface area contributed by atoms with Crippen molar-refractivity contribution in [2.24, 2.45) is 0 Å². The van der Waals surface area contributed by atoms with Crippen LogP contribution in [0.1, 0.15) is 5.56 Å². The van der Waals surface area contributed by atoms with E-state index in [0.29, 0.717) is 6.07 Å². The van der Waals surface area contributed by atoms with E-state index >= 15 is 0 Å². The highest BCUT2D eigenvalue weighted by molar-refractivity contribution is 5.85. The highest BCUT2D eigenvalue weighted by Crippen LogP contribution is 2.30. The van der Waals surface area contributed by atoms with Crippen LogP contribution in [0, 0.1) is 10.1 Å². The van der Waals surface area contributed by atoms with E-state index in [4.69, 9.17) is 0 Å². The maximum absolute atomic E-state index is 12.0. The molecule has 1 rings (SSSR count). The summed E-state index contributed by atoms with van der Waals surface area (Å²) in [5, 5.41) is 10.1. The lowest BCUT2D eigenvalue weighted by atomic mass is 10.2. The van der Waals surface area contributed by atoms with Crippen molar-refractivity contribution in [1.82, 2.24) is 0 Å². The Morgan fingerprint density at radius 3 is 2.29 bits per heavy atom. The highest BCUT2D eigenvalue weighted by atomic mass is 35.5. The molecule has 0 bridgehead atoms. The molecule has 0 spiro atoms. The summed E-state index contributed by atoms with van der Waals surface area (Å²) in [5.74, 6) is 0. The number of nitro benzene ring substituents is 1. The molecule has 0 aliphatic carbocycles. The molecular formula is C7H5ClF3NO2. The van der Waals surface area contributed by atoms with E-state index in [0.717, 1.165) is 18.2 Å². The molecule has 0 aromatic heterocycles. The Morgan fingerprint density at radius 1 is 1.29 bits per heavy atom. The van der Waals surface area contributed by atoms with Crippen LogP contribution in [-0.2, 0) is 6.18 Å². The molecule has 0 saturated carbocycles. The molecule has 78 valence electrons. The van der Waals surface area contributed by atoms with Crippen LogP contribution in [0.3, 0.4) is 0 Å². The summed E-state index contributed by atoms with van der Waals surface area (Å²) in [6.07, 6.45) is -4.54. The largest absolute Gasteiger partial charge is 0.416 e. The van der Waals surface area contributed by atoms with Crippen LogP contribution in [0.4, 0.5) is 18.9 Å². The topological polar surface area (TPSA) is 43.1 Å². The summed E-state index contributed by atoms with van der Waals surface area (Å²) in [7, 11) is 0. The Bertz CT molecular complexity index is 340. The van der Waals surface area contributed by atoms with Gasteiger partial charge in [0.05, 0.1) is 10.5 Å². The molecule has 7 heteroatoms. The maximum atomic E-state index is 12.0. The van der Waals surface area contributed by atoms with Crippen molar-refractivity contribution in [3.63, 3.8) is 0 Å². The minimum absolute atomic E-state index is 0. The van der Waals surface area contributed by atoms with Gasteiger partial charge in [0, 0.05) is 12.1 Å². The fourth-order valence-corrected chi connectivity index (χ4v) is 0.796. The van der Waals surface area contributed by atoms with E-state index in [-0.39, 0.29) is 12.4 Å². The minimum Gasteiger partial charge on any atom is -0.258 e. The minimum atomic E-state index is -4.54. The lowest BCUT2D eigenvalue weighted by Gasteiger charge is -2.04. The number of benzene rings is 1. The second-order valence-electron chi connectivity index (χ2n) is 2.31. The van der Waals surface area contributed by atoms with Crippen LogP contribution in [0.5, 0.6) is 0 Å². The Labute approximate surface area is 83.1 Å². The first-order chi connectivity index (χ1) is 5.91. The fourth-order valence-electron chi connectivity index (χ4n) is 0.796. The first-order valence-electron chi connectivity index (χ1n) is 3.23. The van der Waals surface area contributed by atoms with Crippen LogP contribution in [0.25, 0.3) is 0 Å². The van der Waals surface area contributed by atoms with Crippen molar-refractivity contribution in [3.8, 4) is 0 Å². The maximum Gasteiger partial charge on any atom is 0.416 e. The molecule has 1 aromatic rings. The number of halogens is 4. The van der Waals surface area contributed by atoms with E-state index in [9.17, 15) is 23.3 Å². The molecule has 0 aliphatic heterocycles. The van der Waals surface area contributed by atoms with Crippen molar-refractivity contribution < 1.29 is 18.1 Å². The van der Waals surface area contributed by atoms with Crippen LogP contribution < -0.4 is 0 Å². The van der Waals surface area contributed by atoms with Gasteiger partial charge in [-0.25, -0.2) is 0 Å². The quantitative estimate of drug-likeness (QED) is 0.547. The molecule has 3 nitrogen and oxygen atoms in total. The zero-order valence-electron chi connectivity index (χ0n) is 6.62. The number of hydrogen-bond acceptors (Lipinski definition) is 2. The van der Waals surface area contributed by atoms with Gasteiger partial charge in [0.2, 0.25) is 0 Å².